The molecule has 2 N–H and O–H groups in total. The largest absolute Gasteiger partial charge is 0.353 e. The maximum absolute atomic E-state index is 12.7. The van der Waals surface area contributed by atoms with E-state index in [2.05, 4.69) is 10.6 Å². The van der Waals surface area contributed by atoms with Gasteiger partial charge >= 0.3 is 0 Å². The SMILES string of the molecule is CNCCN(C)C(=O)c1ccccc1SCC(=O)NC1CCCCCCC1. The molecule has 1 aliphatic carbocycles. The lowest BCUT2D eigenvalue weighted by Crippen LogP contribution is -2.36. The number of carbonyl (C=O) groups is 2. The van der Waals surface area contributed by atoms with Gasteiger partial charge in [-0.2, -0.15) is 0 Å². The normalized spacial score (nSPS) is 15.6. The maximum Gasteiger partial charge on any atom is 0.254 e. The van der Waals surface area contributed by atoms with E-state index in [4.69, 9.17) is 0 Å². The Bertz CT molecular complexity index is 601. The second-order valence-corrected chi connectivity index (χ2v) is 8.24. The summed E-state index contributed by atoms with van der Waals surface area (Å²) >= 11 is 1.45. The Morgan fingerprint density at radius 2 is 1.78 bits per heavy atom. The van der Waals surface area contributed by atoms with Gasteiger partial charge in [0.05, 0.1) is 11.3 Å². The van der Waals surface area contributed by atoms with E-state index in [9.17, 15) is 9.59 Å². The van der Waals surface area contributed by atoms with Crippen molar-refractivity contribution in [2.75, 3.05) is 32.9 Å². The molecule has 0 saturated heterocycles. The first-order valence-corrected chi connectivity index (χ1v) is 11.0. The second-order valence-electron chi connectivity index (χ2n) is 7.22. The van der Waals surface area contributed by atoms with Crippen LogP contribution in [0.2, 0.25) is 0 Å². The third-order valence-electron chi connectivity index (χ3n) is 4.99. The molecule has 0 spiro atoms. The number of benzene rings is 1. The van der Waals surface area contributed by atoms with E-state index in [0.717, 1.165) is 24.3 Å². The van der Waals surface area contributed by atoms with Crippen LogP contribution >= 0.6 is 11.8 Å². The predicted molar refractivity (Wildman–Crippen MR) is 112 cm³/mol. The summed E-state index contributed by atoms with van der Waals surface area (Å²) in [6.07, 6.45) is 8.45. The first kappa shape index (κ1) is 21.8. The summed E-state index contributed by atoms with van der Waals surface area (Å²) in [4.78, 5) is 27.7. The van der Waals surface area contributed by atoms with Crippen LogP contribution in [0.1, 0.15) is 55.3 Å². The van der Waals surface area contributed by atoms with E-state index in [1.807, 2.05) is 38.4 Å². The van der Waals surface area contributed by atoms with Gasteiger partial charge in [0.25, 0.3) is 5.91 Å². The zero-order chi connectivity index (χ0) is 19.5. The van der Waals surface area contributed by atoms with E-state index >= 15 is 0 Å². The van der Waals surface area contributed by atoms with Crippen LogP contribution in [0.25, 0.3) is 0 Å². The fourth-order valence-corrected chi connectivity index (χ4v) is 4.22. The van der Waals surface area contributed by atoms with Crippen molar-refractivity contribution in [1.82, 2.24) is 15.5 Å². The van der Waals surface area contributed by atoms with E-state index in [0.29, 0.717) is 23.9 Å². The molecular weight excluding hydrogens is 358 g/mol. The molecule has 1 saturated carbocycles. The Kier molecular flexibility index (Phi) is 9.70. The number of hydrogen-bond donors (Lipinski definition) is 2. The van der Waals surface area contributed by atoms with Gasteiger partial charge in [-0.3, -0.25) is 9.59 Å². The van der Waals surface area contributed by atoms with Crippen LogP contribution in [0.4, 0.5) is 0 Å². The third-order valence-corrected chi connectivity index (χ3v) is 6.06. The van der Waals surface area contributed by atoms with Crippen molar-refractivity contribution >= 4 is 23.6 Å². The van der Waals surface area contributed by atoms with Gasteiger partial charge in [-0.1, -0.05) is 44.2 Å². The molecule has 150 valence electrons. The fraction of sp³-hybridized carbons (Fsp3) is 0.619. The molecule has 2 rings (SSSR count). The average molecular weight is 392 g/mol. The molecule has 0 heterocycles. The number of nitrogens with zero attached hydrogens (tertiary/aromatic N) is 1. The lowest BCUT2D eigenvalue weighted by Gasteiger charge is -2.21. The monoisotopic (exact) mass is 391 g/mol. The minimum atomic E-state index is -0.00576. The van der Waals surface area contributed by atoms with Crippen molar-refractivity contribution in [3.8, 4) is 0 Å². The van der Waals surface area contributed by atoms with E-state index in [1.54, 1.807) is 4.90 Å². The number of carbonyl (C=O) groups excluding carboxylic acids is 2. The van der Waals surface area contributed by atoms with E-state index < -0.39 is 0 Å². The van der Waals surface area contributed by atoms with E-state index in [1.165, 1.54) is 43.9 Å². The predicted octanol–water partition coefficient (Wildman–Crippen LogP) is 3.30. The Hall–Kier alpha value is -1.53. The van der Waals surface area contributed by atoms with Gasteiger partial charge < -0.3 is 15.5 Å². The van der Waals surface area contributed by atoms with Gasteiger partial charge in [0.1, 0.15) is 0 Å². The molecule has 0 atom stereocenters. The zero-order valence-corrected chi connectivity index (χ0v) is 17.4. The van der Waals surface area contributed by atoms with Crippen LogP contribution in [0.5, 0.6) is 0 Å². The highest BCUT2D eigenvalue weighted by Gasteiger charge is 2.18. The summed E-state index contributed by atoms with van der Waals surface area (Å²) in [6.45, 7) is 1.40. The van der Waals surface area contributed by atoms with E-state index in [-0.39, 0.29) is 11.8 Å². The maximum atomic E-state index is 12.7. The molecule has 0 aromatic heterocycles. The number of rotatable bonds is 8. The summed E-state index contributed by atoms with van der Waals surface area (Å²) in [5.74, 6) is 0.409. The summed E-state index contributed by atoms with van der Waals surface area (Å²) < 4.78 is 0. The number of thioether (sulfide) groups is 1. The lowest BCUT2D eigenvalue weighted by atomic mass is 9.97. The highest BCUT2D eigenvalue weighted by molar-refractivity contribution is 8.00. The number of likely N-dealkylation sites (N-methyl/N-ethyl adjacent to an activating group) is 2. The molecule has 0 radical (unpaired) electrons. The summed E-state index contributed by atoms with van der Waals surface area (Å²) in [7, 11) is 3.68. The summed E-state index contributed by atoms with van der Waals surface area (Å²) in [5, 5.41) is 6.25. The Balaban J connectivity index is 1.89. The molecule has 27 heavy (non-hydrogen) atoms. The topological polar surface area (TPSA) is 61.4 Å². The minimum Gasteiger partial charge on any atom is -0.353 e. The van der Waals surface area contributed by atoms with Gasteiger partial charge in [-0.05, 0) is 32.0 Å². The molecular formula is C21H33N3O2S. The molecule has 2 amide bonds. The molecule has 0 unspecified atom stereocenters. The summed E-state index contributed by atoms with van der Waals surface area (Å²) in [6, 6.07) is 7.86. The van der Waals surface area contributed by atoms with Gasteiger partial charge in [-0.25, -0.2) is 0 Å². The fourth-order valence-electron chi connectivity index (χ4n) is 3.37. The van der Waals surface area contributed by atoms with Gasteiger partial charge in [0.2, 0.25) is 5.91 Å². The summed E-state index contributed by atoms with van der Waals surface area (Å²) in [5.41, 5.74) is 0.667. The van der Waals surface area contributed by atoms with Gasteiger partial charge in [-0.15, -0.1) is 11.8 Å². The molecule has 1 aromatic rings. The minimum absolute atomic E-state index is 0.00576. The van der Waals surface area contributed by atoms with Gasteiger partial charge in [0, 0.05) is 31.1 Å². The number of hydrogen-bond acceptors (Lipinski definition) is 4. The lowest BCUT2D eigenvalue weighted by molar-refractivity contribution is -0.119. The number of amides is 2. The Labute approximate surface area is 167 Å². The molecule has 1 fully saturated rings. The van der Waals surface area contributed by atoms with Crippen molar-refractivity contribution in [3.05, 3.63) is 29.8 Å². The van der Waals surface area contributed by atoms with Gasteiger partial charge in [0.15, 0.2) is 0 Å². The zero-order valence-electron chi connectivity index (χ0n) is 16.6. The first-order valence-electron chi connectivity index (χ1n) is 10.0. The Morgan fingerprint density at radius 3 is 2.48 bits per heavy atom. The molecule has 5 nitrogen and oxygen atoms in total. The molecule has 1 aliphatic rings. The van der Waals surface area contributed by atoms with Crippen LogP contribution < -0.4 is 10.6 Å². The third kappa shape index (κ3) is 7.54. The van der Waals surface area contributed by atoms with Crippen molar-refractivity contribution in [2.45, 2.75) is 55.9 Å². The first-order chi connectivity index (χ1) is 13.1. The van der Waals surface area contributed by atoms with Crippen LogP contribution in [0, 0.1) is 0 Å². The van der Waals surface area contributed by atoms with Crippen LogP contribution in [-0.2, 0) is 4.79 Å². The highest BCUT2D eigenvalue weighted by atomic mass is 32.2. The van der Waals surface area contributed by atoms with Crippen LogP contribution in [0.15, 0.2) is 29.2 Å². The molecule has 1 aromatic carbocycles. The smallest absolute Gasteiger partial charge is 0.254 e. The Morgan fingerprint density at radius 1 is 1.11 bits per heavy atom. The number of nitrogens with one attached hydrogen (secondary N) is 2. The highest BCUT2D eigenvalue weighted by Crippen LogP contribution is 2.24. The quantitative estimate of drug-likeness (QED) is 0.668. The molecule has 0 bridgehead atoms. The molecule has 6 heteroatoms. The average Bonchev–Trinajstić information content (AvgIpc) is 2.66. The van der Waals surface area contributed by atoms with Crippen molar-refractivity contribution in [2.24, 2.45) is 0 Å². The standard InChI is InChI=1S/C21H33N3O2S/c1-22-14-15-24(2)21(26)18-12-8-9-13-19(18)27-16-20(25)23-17-10-6-4-3-5-7-11-17/h8-9,12-13,17,22H,3-7,10-11,14-16H2,1-2H3,(H,23,25). The van der Waals surface area contributed by atoms with Crippen molar-refractivity contribution in [1.29, 1.82) is 0 Å². The van der Waals surface area contributed by atoms with Crippen molar-refractivity contribution in [3.63, 3.8) is 0 Å². The van der Waals surface area contributed by atoms with Crippen molar-refractivity contribution < 1.29 is 9.59 Å². The van der Waals surface area contributed by atoms with Crippen LogP contribution in [0.3, 0.4) is 0 Å². The second kappa shape index (κ2) is 12.0. The molecule has 0 aliphatic heterocycles. The van der Waals surface area contributed by atoms with Crippen LogP contribution in [-0.4, -0.2) is 55.7 Å².